The molecule has 0 fully saturated rings. The largest absolute Gasteiger partial charge is 0.507 e. The highest BCUT2D eigenvalue weighted by molar-refractivity contribution is 6.52. The van der Waals surface area contributed by atoms with E-state index in [0.717, 1.165) is 19.3 Å². The molecule has 2 rings (SSSR count). The Labute approximate surface area is 132 Å². The Morgan fingerprint density at radius 1 is 0.818 bits per heavy atom. The molecule has 22 heavy (non-hydrogen) atoms. The number of carbonyl (C=O) groups is 2. The first kappa shape index (κ1) is 16.5. The lowest BCUT2D eigenvalue weighted by molar-refractivity contribution is -0.112. The van der Waals surface area contributed by atoms with Gasteiger partial charge in [0.05, 0.1) is 0 Å². The van der Waals surface area contributed by atoms with E-state index in [4.69, 9.17) is 0 Å². The van der Waals surface area contributed by atoms with Crippen molar-refractivity contribution in [2.24, 2.45) is 0 Å². The molecule has 1 aromatic rings. The van der Waals surface area contributed by atoms with Crippen molar-refractivity contribution in [3.8, 4) is 0 Å². The number of Topliss-reactive ketones (excluding diaryl/α,β-unsaturated/α-hetero) is 2. The van der Waals surface area contributed by atoms with Crippen molar-refractivity contribution in [2.75, 3.05) is 0 Å². The fourth-order valence-electron chi connectivity index (χ4n) is 2.91. The zero-order valence-electron chi connectivity index (χ0n) is 13.2. The highest BCUT2D eigenvalue weighted by Gasteiger charge is 2.31. The second-order valence-electron chi connectivity index (χ2n) is 5.90. The fraction of sp³-hybridized carbons (Fsp3) is 0.474. The summed E-state index contributed by atoms with van der Waals surface area (Å²) in [6.07, 6.45) is 8.48. The second kappa shape index (κ2) is 7.92. The summed E-state index contributed by atoms with van der Waals surface area (Å²) in [7, 11) is 0. The van der Waals surface area contributed by atoms with Crippen molar-refractivity contribution in [1.29, 1.82) is 0 Å². The molecule has 1 aliphatic rings. The maximum atomic E-state index is 12.1. The molecule has 0 aromatic heterocycles. The summed E-state index contributed by atoms with van der Waals surface area (Å²) in [6, 6.07) is 6.76. The van der Waals surface area contributed by atoms with Crippen LogP contribution in [0, 0.1) is 0 Å². The minimum absolute atomic E-state index is 0.00816. The third kappa shape index (κ3) is 3.65. The third-order valence-corrected chi connectivity index (χ3v) is 4.22. The minimum Gasteiger partial charge on any atom is -0.507 e. The average Bonchev–Trinajstić information content (AvgIpc) is 2.54. The van der Waals surface area contributed by atoms with E-state index in [1.165, 1.54) is 25.7 Å². The number of hydrogen-bond donors (Lipinski definition) is 1. The van der Waals surface area contributed by atoms with Crippen LogP contribution in [0.1, 0.15) is 74.2 Å². The lowest BCUT2D eigenvalue weighted by Crippen LogP contribution is -2.24. The van der Waals surface area contributed by atoms with Crippen molar-refractivity contribution in [3.05, 3.63) is 41.0 Å². The van der Waals surface area contributed by atoms with E-state index in [1.54, 1.807) is 24.3 Å². The van der Waals surface area contributed by atoms with E-state index in [-0.39, 0.29) is 11.3 Å². The van der Waals surface area contributed by atoms with Gasteiger partial charge < -0.3 is 5.11 Å². The quantitative estimate of drug-likeness (QED) is 0.551. The number of carbonyl (C=O) groups excluding carboxylic acids is 2. The zero-order valence-corrected chi connectivity index (χ0v) is 13.2. The number of unbranched alkanes of at least 4 members (excludes halogenated alkanes) is 6. The molecule has 0 atom stereocenters. The number of fused-ring (bicyclic) bond motifs is 1. The Balaban J connectivity index is 1.95. The van der Waals surface area contributed by atoms with Gasteiger partial charge in [0.2, 0.25) is 11.6 Å². The molecule has 0 radical (unpaired) electrons. The van der Waals surface area contributed by atoms with Crippen LogP contribution in [-0.4, -0.2) is 16.7 Å². The highest BCUT2D eigenvalue weighted by Crippen LogP contribution is 2.30. The Bertz CT molecular complexity index is 584. The van der Waals surface area contributed by atoms with Crippen molar-refractivity contribution >= 4 is 17.3 Å². The summed E-state index contributed by atoms with van der Waals surface area (Å²) in [4.78, 5) is 24.2. The van der Waals surface area contributed by atoms with Gasteiger partial charge in [0, 0.05) is 16.7 Å². The predicted octanol–water partition coefficient (Wildman–Crippen LogP) is 4.86. The first-order valence-electron chi connectivity index (χ1n) is 8.27. The van der Waals surface area contributed by atoms with Gasteiger partial charge in [0.1, 0.15) is 5.76 Å². The van der Waals surface area contributed by atoms with Crippen molar-refractivity contribution in [3.63, 3.8) is 0 Å². The maximum Gasteiger partial charge on any atom is 0.234 e. The molecule has 118 valence electrons. The molecule has 0 heterocycles. The Kier molecular flexibility index (Phi) is 5.93. The summed E-state index contributed by atoms with van der Waals surface area (Å²) in [5.74, 6) is -1.04. The van der Waals surface area contributed by atoms with Crippen molar-refractivity contribution in [2.45, 2.75) is 58.3 Å². The van der Waals surface area contributed by atoms with Gasteiger partial charge in [-0.1, -0.05) is 69.7 Å². The van der Waals surface area contributed by atoms with Gasteiger partial charge >= 0.3 is 0 Å². The highest BCUT2D eigenvalue weighted by atomic mass is 16.3. The van der Waals surface area contributed by atoms with Crippen LogP contribution in [0.15, 0.2) is 29.8 Å². The molecule has 0 unspecified atom stereocenters. The predicted molar refractivity (Wildman–Crippen MR) is 87.9 cm³/mol. The molecule has 0 spiro atoms. The topological polar surface area (TPSA) is 54.4 Å². The number of aliphatic hydroxyl groups excluding tert-OH is 1. The fourth-order valence-corrected chi connectivity index (χ4v) is 2.91. The van der Waals surface area contributed by atoms with Gasteiger partial charge in [0.15, 0.2) is 0 Å². The van der Waals surface area contributed by atoms with Gasteiger partial charge in [0.25, 0.3) is 0 Å². The number of rotatable bonds is 8. The molecular formula is C19H24O3. The summed E-state index contributed by atoms with van der Waals surface area (Å²) < 4.78 is 0. The Hall–Kier alpha value is -1.90. The lowest BCUT2D eigenvalue weighted by Gasteiger charge is -2.17. The molecule has 3 heteroatoms. The summed E-state index contributed by atoms with van der Waals surface area (Å²) in [6.45, 7) is 2.19. The Morgan fingerprint density at radius 2 is 1.41 bits per heavy atom. The zero-order chi connectivity index (χ0) is 15.9. The standard InChI is InChI=1S/C19H24O3/c1-2-3-4-5-6-7-8-13-16-17(20)14-11-9-10-12-15(14)18(21)19(16)22/h9-12,20H,2-8,13H2,1H3. The van der Waals surface area contributed by atoms with Gasteiger partial charge in [-0.3, -0.25) is 9.59 Å². The molecular weight excluding hydrogens is 276 g/mol. The van der Waals surface area contributed by atoms with Crippen molar-refractivity contribution in [1.82, 2.24) is 0 Å². The molecule has 1 N–H and O–H groups in total. The van der Waals surface area contributed by atoms with Crippen LogP contribution in [0.25, 0.3) is 5.76 Å². The molecule has 0 saturated carbocycles. The van der Waals surface area contributed by atoms with Crippen LogP contribution >= 0.6 is 0 Å². The number of aliphatic hydroxyl groups is 1. The molecule has 1 aliphatic carbocycles. The molecule has 3 nitrogen and oxygen atoms in total. The number of allylic oxidation sites excluding steroid dienone is 1. The first-order chi connectivity index (χ1) is 10.7. The van der Waals surface area contributed by atoms with Gasteiger partial charge in [-0.05, 0) is 12.8 Å². The summed E-state index contributed by atoms with van der Waals surface area (Å²) >= 11 is 0. The summed E-state index contributed by atoms with van der Waals surface area (Å²) in [5, 5.41) is 10.3. The normalized spacial score (nSPS) is 14.4. The van der Waals surface area contributed by atoms with E-state index in [9.17, 15) is 14.7 Å². The van der Waals surface area contributed by atoms with Gasteiger partial charge in [-0.15, -0.1) is 0 Å². The smallest absolute Gasteiger partial charge is 0.234 e. The van der Waals surface area contributed by atoms with Crippen LogP contribution in [0.3, 0.4) is 0 Å². The molecule has 0 bridgehead atoms. The Morgan fingerprint density at radius 3 is 2.09 bits per heavy atom. The molecule has 1 aromatic carbocycles. The second-order valence-corrected chi connectivity index (χ2v) is 5.90. The number of ketones is 2. The van der Waals surface area contributed by atoms with Crippen LogP contribution in [0.4, 0.5) is 0 Å². The minimum atomic E-state index is -0.540. The van der Waals surface area contributed by atoms with Crippen LogP contribution in [-0.2, 0) is 4.79 Å². The van der Waals surface area contributed by atoms with E-state index in [1.807, 2.05) is 0 Å². The van der Waals surface area contributed by atoms with Crippen LogP contribution < -0.4 is 0 Å². The van der Waals surface area contributed by atoms with Crippen molar-refractivity contribution < 1.29 is 14.7 Å². The lowest BCUT2D eigenvalue weighted by atomic mass is 9.86. The van der Waals surface area contributed by atoms with E-state index in [0.29, 0.717) is 17.5 Å². The number of benzene rings is 1. The molecule has 0 saturated heterocycles. The first-order valence-corrected chi connectivity index (χ1v) is 8.27. The van der Waals surface area contributed by atoms with Gasteiger partial charge in [-0.25, -0.2) is 0 Å². The molecule has 0 amide bonds. The van der Waals surface area contributed by atoms with E-state index in [2.05, 4.69) is 6.92 Å². The average molecular weight is 300 g/mol. The van der Waals surface area contributed by atoms with Gasteiger partial charge in [-0.2, -0.15) is 0 Å². The van der Waals surface area contributed by atoms with E-state index >= 15 is 0 Å². The monoisotopic (exact) mass is 300 g/mol. The third-order valence-electron chi connectivity index (χ3n) is 4.22. The van der Waals surface area contributed by atoms with Crippen LogP contribution in [0.5, 0.6) is 0 Å². The number of hydrogen-bond acceptors (Lipinski definition) is 3. The SMILES string of the molecule is CCCCCCCCCC1=C(O)c2ccccc2C(=O)C1=O. The summed E-state index contributed by atoms with van der Waals surface area (Å²) in [5.41, 5.74) is 1.09. The van der Waals surface area contributed by atoms with E-state index < -0.39 is 11.6 Å². The maximum absolute atomic E-state index is 12.1. The van der Waals surface area contributed by atoms with Crippen LogP contribution in [0.2, 0.25) is 0 Å². The molecule has 0 aliphatic heterocycles.